The molecule has 0 saturated carbocycles. The topological polar surface area (TPSA) is 69.6 Å². The monoisotopic (exact) mass is 481 g/mol. The van der Waals surface area contributed by atoms with Crippen LogP contribution in [0.25, 0.3) is 10.8 Å². The molecule has 0 bridgehead atoms. The number of halogens is 1. The van der Waals surface area contributed by atoms with Crippen molar-refractivity contribution in [3.63, 3.8) is 0 Å². The van der Waals surface area contributed by atoms with Gasteiger partial charge in [0.2, 0.25) is 5.91 Å². The van der Waals surface area contributed by atoms with Crippen molar-refractivity contribution in [3.05, 3.63) is 42.2 Å². The molecule has 1 aromatic carbocycles. The molecule has 2 N–H and O–H groups in total. The van der Waals surface area contributed by atoms with Crippen LogP contribution in [0.1, 0.15) is 25.0 Å². The molecule has 1 aromatic heterocycles. The number of piperidine rings is 1. The van der Waals surface area contributed by atoms with Gasteiger partial charge in [-0.25, -0.2) is 0 Å². The number of aliphatic imine (C=N–C) groups is 1. The van der Waals surface area contributed by atoms with Gasteiger partial charge in [0.1, 0.15) is 0 Å². The van der Waals surface area contributed by atoms with Crippen molar-refractivity contribution in [2.24, 2.45) is 10.9 Å². The first-order valence-electron chi connectivity index (χ1n) is 9.20. The van der Waals surface area contributed by atoms with Gasteiger partial charge in [-0.05, 0) is 30.2 Å². The predicted molar refractivity (Wildman–Crippen MR) is 120 cm³/mol. The second-order valence-corrected chi connectivity index (χ2v) is 6.69. The number of hydrogen-bond donors (Lipinski definition) is 2. The Hall–Kier alpha value is -1.90. The molecule has 1 fully saturated rings. The Morgan fingerprint density at radius 3 is 2.70 bits per heavy atom. The van der Waals surface area contributed by atoms with Crippen molar-refractivity contribution in [2.45, 2.75) is 25.8 Å². The fourth-order valence-corrected chi connectivity index (χ4v) is 3.53. The van der Waals surface area contributed by atoms with E-state index in [4.69, 9.17) is 0 Å². The quantitative estimate of drug-likeness (QED) is 0.401. The number of carbonyl (C=O) groups excluding carboxylic acids is 1. The maximum Gasteiger partial charge on any atom is 0.220 e. The Bertz CT molecular complexity index is 782. The van der Waals surface area contributed by atoms with E-state index >= 15 is 0 Å². The lowest BCUT2D eigenvalue weighted by molar-refractivity contribution is -0.121. The minimum absolute atomic E-state index is 0. The highest BCUT2D eigenvalue weighted by molar-refractivity contribution is 14.0. The fraction of sp³-hybridized carbons (Fsp3) is 0.450. The smallest absolute Gasteiger partial charge is 0.220 e. The number of fused-ring (bicyclic) bond motifs is 1. The van der Waals surface area contributed by atoms with Gasteiger partial charge < -0.3 is 15.5 Å². The predicted octanol–water partition coefficient (Wildman–Crippen LogP) is 2.78. The molecule has 2 heterocycles. The number of guanidine groups is 1. The molecule has 0 unspecified atom stereocenters. The number of rotatable bonds is 4. The summed E-state index contributed by atoms with van der Waals surface area (Å²) in [6.07, 6.45) is 4.50. The minimum Gasteiger partial charge on any atom is -0.359 e. The molecule has 0 radical (unpaired) electrons. The number of aromatic nitrogens is 1. The Morgan fingerprint density at radius 2 is 2.00 bits per heavy atom. The van der Waals surface area contributed by atoms with Crippen LogP contribution in [0.5, 0.6) is 0 Å². The average Bonchev–Trinajstić information content (AvgIpc) is 2.69. The number of likely N-dealkylation sites (tertiary alicyclic amines) is 1. The van der Waals surface area contributed by atoms with Crippen LogP contribution in [0, 0.1) is 5.92 Å². The van der Waals surface area contributed by atoms with Gasteiger partial charge in [-0.2, -0.15) is 0 Å². The highest BCUT2D eigenvalue weighted by Crippen LogP contribution is 2.21. The van der Waals surface area contributed by atoms with Crippen molar-refractivity contribution >= 4 is 46.6 Å². The molecule has 0 aliphatic carbocycles. The van der Waals surface area contributed by atoms with E-state index in [1.165, 1.54) is 10.8 Å². The standard InChI is InChI=1S/C20H27N5O.HI/c1-21-19(26)13-15-8-11-25(12-9-15)20(22-2)24-14-18-17-6-4-3-5-16(17)7-10-23-18;/h3-7,10,15H,8-9,11-14H2,1-2H3,(H,21,26)(H,22,24);1H. The van der Waals surface area contributed by atoms with E-state index in [-0.39, 0.29) is 29.9 Å². The van der Waals surface area contributed by atoms with E-state index in [2.05, 4.69) is 37.6 Å². The van der Waals surface area contributed by atoms with E-state index in [9.17, 15) is 4.79 Å². The number of pyridine rings is 1. The van der Waals surface area contributed by atoms with Crippen LogP contribution >= 0.6 is 24.0 Å². The first-order valence-corrected chi connectivity index (χ1v) is 9.20. The van der Waals surface area contributed by atoms with Crippen LogP contribution in [0.4, 0.5) is 0 Å². The van der Waals surface area contributed by atoms with E-state index in [1.807, 2.05) is 31.4 Å². The zero-order chi connectivity index (χ0) is 18.4. The zero-order valence-corrected chi connectivity index (χ0v) is 18.3. The number of nitrogens with one attached hydrogen (secondary N) is 2. The molecule has 0 atom stereocenters. The number of carbonyl (C=O) groups is 1. The molecule has 1 amide bonds. The fourth-order valence-electron chi connectivity index (χ4n) is 3.53. The van der Waals surface area contributed by atoms with E-state index in [0.717, 1.165) is 37.6 Å². The van der Waals surface area contributed by atoms with E-state index < -0.39 is 0 Å². The number of amides is 1. The third kappa shape index (κ3) is 5.54. The van der Waals surface area contributed by atoms with Crippen molar-refractivity contribution in [3.8, 4) is 0 Å². The number of nitrogens with zero attached hydrogens (tertiary/aromatic N) is 3. The summed E-state index contributed by atoms with van der Waals surface area (Å²) in [5.74, 6) is 1.50. The van der Waals surface area contributed by atoms with Crippen molar-refractivity contribution in [2.75, 3.05) is 27.2 Å². The summed E-state index contributed by atoms with van der Waals surface area (Å²) in [5, 5.41) is 8.53. The molecular formula is C20H28IN5O. The third-order valence-corrected chi connectivity index (χ3v) is 5.05. The minimum atomic E-state index is 0. The molecular weight excluding hydrogens is 453 g/mol. The average molecular weight is 481 g/mol. The molecule has 27 heavy (non-hydrogen) atoms. The number of hydrogen-bond acceptors (Lipinski definition) is 3. The molecule has 1 aliphatic rings. The Labute approximate surface area is 177 Å². The van der Waals surface area contributed by atoms with Crippen LogP contribution < -0.4 is 10.6 Å². The van der Waals surface area contributed by atoms with Crippen LogP contribution in [0.3, 0.4) is 0 Å². The molecule has 6 nitrogen and oxygen atoms in total. The molecule has 1 saturated heterocycles. The Balaban J connectivity index is 0.00000261. The summed E-state index contributed by atoms with van der Waals surface area (Å²) in [6.45, 7) is 2.49. The highest BCUT2D eigenvalue weighted by Gasteiger charge is 2.23. The van der Waals surface area contributed by atoms with Crippen molar-refractivity contribution in [1.82, 2.24) is 20.5 Å². The number of benzene rings is 1. The lowest BCUT2D eigenvalue weighted by Crippen LogP contribution is -2.45. The maximum absolute atomic E-state index is 11.6. The first-order chi connectivity index (χ1) is 12.7. The Kier molecular flexibility index (Phi) is 8.27. The molecule has 3 rings (SSSR count). The first kappa shape index (κ1) is 21.4. The van der Waals surface area contributed by atoms with Gasteiger partial charge in [-0.15, -0.1) is 24.0 Å². The van der Waals surface area contributed by atoms with Crippen molar-refractivity contribution in [1.29, 1.82) is 0 Å². The van der Waals surface area contributed by atoms with Crippen LogP contribution in [0.2, 0.25) is 0 Å². The van der Waals surface area contributed by atoms with E-state index in [0.29, 0.717) is 18.9 Å². The van der Waals surface area contributed by atoms with Crippen LogP contribution in [-0.4, -0.2) is 48.9 Å². The van der Waals surface area contributed by atoms with Gasteiger partial charge in [-0.1, -0.05) is 24.3 Å². The van der Waals surface area contributed by atoms with Crippen LogP contribution in [0.15, 0.2) is 41.5 Å². The van der Waals surface area contributed by atoms with Gasteiger partial charge in [0.05, 0.1) is 12.2 Å². The lowest BCUT2D eigenvalue weighted by atomic mass is 9.93. The van der Waals surface area contributed by atoms with Gasteiger partial charge in [-0.3, -0.25) is 14.8 Å². The zero-order valence-electron chi connectivity index (χ0n) is 15.9. The normalized spacial score (nSPS) is 15.3. The summed E-state index contributed by atoms with van der Waals surface area (Å²) >= 11 is 0. The SMILES string of the molecule is CN=C(NCc1nccc2ccccc12)N1CCC(CC(=O)NC)CC1.I. The second kappa shape index (κ2) is 10.4. The van der Waals surface area contributed by atoms with Gasteiger partial charge in [0.25, 0.3) is 0 Å². The summed E-state index contributed by atoms with van der Waals surface area (Å²) in [4.78, 5) is 22.8. The summed E-state index contributed by atoms with van der Waals surface area (Å²) < 4.78 is 0. The summed E-state index contributed by atoms with van der Waals surface area (Å²) in [7, 11) is 3.51. The van der Waals surface area contributed by atoms with Gasteiger partial charge in [0, 0.05) is 45.2 Å². The molecule has 7 heteroatoms. The van der Waals surface area contributed by atoms with Gasteiger partial charge >= 0.3 is 0 Å². The summed E-state index contributed by atoms with van der Waals surface area (Å²) in [5.41, 5.74) is 1.03. The van der Waals surface area contributed by atoms with Crippen molar-refractivity contribution < 1.29 is 4.79 Å². The molecule has 1 aliphatic heterocycles. The van der Waals surface area contributed by atoms with Crippen LogP contribution in [-0.2, 0) is 11.3 Å². The third-order valence-electron chi connectivity index (χ3n) is 5.05. The Morgan fingerprint density at radius 1 is 1.26 bits per heavy atom. The molecule has 0 spiro atoms. The molecule has 146 valence electrons. The van der Waals surface area contributed by atoms with Gasteiger partial charge in [0.15, 0.2) is 5.96 Å². The highest BCUT2D eigenvalue weighted by atomic mass is 127. The maximum atomic E-state index is 11.6. The summed E-state index contributed by atoms with van der Waals surface area (Å²) in [6, 6.07) is 10.3. The van der Waals surface area contributed by atoms with E-state index in [1.54, 1.807) is 7.05 Å². The largest absolute Gasteiger partial charge is 0.359 e. The second-order valence-electron chi connectivity index (χ2n) is 6.69. The molecule has 2 aromatic rings. The lowest BCUT2D eigenvalue weighted by Gasteiger charge is -2.34.